The second kappa shape index (κ2) is 4.42. The van der Waals surface area contributed by atoms with Gasteiger partial charge in [0.05, 0.1) is 10.3 Å². The highest BCUT2D eigenvalue weighted by Gasteiger charge is 2.26. The van der Waals surface area contributed by atoms with E-state index in [1.807, 2.05) is 11.4 Å². The third-order valence-corrected chi connectivity index (χ3v) is 3.57. The van der Waals surface area contributed by atoms with Crippen LogP contribution in [0, 0.1) is 0 Å². The first-order valence-corrected chi connectivity index (χ1v) is 5.98. The number of hydrogen-bond acceptors (Lipinski definition) is 4. The second-order valence-electron chi connectivity index (χ2n) is 3.13. The Kier molecular flexibility index (Phi) is 3.18. The summed E-state index contributed by atoms with van der Waals surface area (Å²) in [5.74, 6) is -0.540. The van der Waals surface area contributed by atoms with Gasteiger partial charge in [-0.05, 0) is 32.9 Å². The van der Waals surface area contributed by atoms with Crippen molar-refractivity contribution >= 4 is 39.1 Å². The number of thiophene rings is 1. The molecule has 0 N–H and O–H groups in total. The van der Waals surface area contributed by atoms with Crippen LogP contribution in [0.2, 0.25) is 0 Å². The van der Waals surface area contributed by atoms with Crippen LogP contribution in [0.3, 0.4) is 0 Å². The molecule has 0 unspecified atom stereocenters. The molecule has 2 rings (SSSR count). The zero-order chi connectivity index (χ0) is 10.8. The fourth-order valence-electron chi connectivity index (χ4n) is 1.31. The van der Waals surface area contributed by atoms with E-state index >= 15 is 0 Å². The quantitative estimate of drug-likeness (QED) is 0.773. The van der Waals surface area contributed by atoms with Crippen LogP contribution < -0.4 is 0 Å². The molecule has 80 valence electrons. The van der Waals surface area contributed by atoms with E-state index in [9.17, 15) is 9.59 Å². The molecule has 1 aromatic rings. The molecule has 1 fully saturated rings. The number of ether oxygens (including phenoxy) is 1. The van der Waals surface area contributed by atoms with Gasteiger partial charge < -0.3 is 4.74 Å². The first-order valence-electron chi connectivity index (χ1n) is 4.30. The predicted octanol–water partition coefficient (Wildman–Crippen LogP) is 1.40. The molecule has 0 atom stereocenters. The van der Waals surface area contributed by atoms with E-state index in [4.69, 9.17) is 4.74 Å². The number of rotatable bonds is 2. The van der Waals surface area contributed by atoms with Crippen molar-refractivity contribution in [3.8, 4) is 0 Å². The van der Waals surface area contributed by atoms with Crippen molar-refractivity contribution in [1.29, 1.82) is 0 Å². The number of amides is 2. The Labute approximate surface area is 99.0 Å². The zero-order valence-electron chi connectivity index (χ0n) is 7.73. The van der Waals surface area contributed by atoms with E-state index in [0.717, 1.165) is 9.35 Å². The molecule has 4 nitrogen and oxygen atoms in total. The normalized spacial score (nSPS) is 17.3. The minimum atomic E-state index is -0.270. The van der Waals surface area contributed by atoms with E-state index in [0.29, 0.717) is 6.54 Å². The van der Waals surface area contributed by atoms with Crippen molar-refractivity contribution in [3.63, 3.8) is 0 Å². The van der Waals surface area contributed by atoms with Crippen LogP contribution in [-0.4, -0.2) is 29.9 Å². The summed E-state index contributed by atoms with van der Waals surface area (Å²) < 4.78 is 5.81. The number of hydrogen-bond donors (Lipinski definition) is 0. The zero-order valence-corrected chi connectivity index (χ0v) is 10.1. The van der Waals surface area contributed by atoms with Crippen molar-refractivity contribution in [3.05, 3.63) is 20.8 Å². The molecule has 15 heavy (non-hydrogen) atoms. The Morgan fingerprint density at radius 3 is 2.60 bits per heavy atom. The van der Waals surface area contributed by atoms with Gasteiger partial charge in [-0.1, -0.05) is 0 Å². The second-order valence-corrected chi connectivity index (χ2v) is 5.42. The van der Waals surface area contributed by atoms with Crippen molar-refractivity contribution in [2.75, 3.05) is 13.2 Å². The van der Waals surface area contributed by atoms with Crippen LogP contribution in [0.15, 0.2) is 15.2 Å². The van der Waals surface area contributed by atoms with E-state index in [1.165, 1.54) is 16.2 Å². The monoisotopic (exact) mass is 289 g/mol. The van der Waals surface area contributed by atoms with E-state index < -0.39 is 0 Å². The first-order chi connectivity index (χ1) is 7.16. The lowest BCUT2D eigenvalue weighted by atomic mass is 10.3. The molecule has 0 saturated carbocycles. The van der Waals surface area contributed by atoms with Gasteiger partial charge in [-0.2, -0.15) is 0 Å². The smallest absolute Gasteiger partial charge is 0.255 e. The van der Waals surface area contributed by atoms with Gasteiger partial charge in [0.15, 0.2) is 0 Å². The van der Waals surface area contributed by atoms with Crippen LogP contribution in [0.1, 0.15) is 5.56 Å². The number of imide groups is 1. The third kappa shape index (κ3) is 2.45. The lowest BCUT2D eigenvalue weighted by Gasteiger charge is -2.24. The van der Waals surface area contributed by atoms with Crippen molar-refractivity contribution < 1.29 is 14.3 Å². The topological polar surface area (TPSA) is 46.6 Å². The summed E-state index contributed by atoms with van der Waals surface area (Å²) in [7, 11) is 0. The molecule has 1 aromatic heterocycles. The predicted molar refractivity (Wildman–Crippen MR) is 58.4 cm³/mol. The van der Waals surface area contributed by atoms with Gasteiger partial charge in [-0.15, -0.1) is 11.3 Å². The summed E-state index contributed by atoms with van der Waals surface area (Å²) in [6.07, 6.45) is 0. The Hall–Kier alpha value is -0.720. The standard InChI is InChI=1S/C9H8BrNO3S/c10-7-1-6(5-15-7)2-11-8(12)3-14-4-9(11)13/h1,5H,2-4H2. The number of nitrogens with zero attached hydrogens (tertiary/aromatic N) is 1. The van der Waals surface area contributed by atoms with Crippen molar-refractivity contribution in [2.24, 2.45) is 0 Å². The van der Waals surface area contributed by atoms with Crippen LogP contribution >= 0.6 is 27.3 Å². The third-order valence-electron chi connectivity index (χ3n) is 2.02. The number of carbonyl (C=O) groups excluding carboxylic acids is 2. The summed E-state index contributed by atoms with van der Waals surface area (Å²) in [6, 6.07) is 1.90. The first kappa shape index (κ1) is 10.8. The molecule has 0 spiro atoms. The molecule has 0 radical (unpaired) electrons. The van der Waals surface area contributed by atoms with E-state index in [2.05, 4.69) is 15.9 Å². The van der Waals surface area contributed by atoms with Crippen molar-refractivity contribution in [2.45, 2.75) is 6.54 Å². The summed E-state index contributed by atoms with van der Waals surface area (Å²) in [5, 5.41) is 1.92. The Morgan fingerprint density at radius 1 is 1.40 bits per heavy atom. The highest BCUT2D eigenvalue weighted by Crippen LogP contribution is 2.22. The average Bonchev–Trinajstić information content (AvgIpc) is 2.58. The molecule has 0 bridgehead atoms. The van der Waals surface area contributed by atoms with Gasteiger partial charge in [0.1, 0.15) is 13.2 Å². The molecule has 2 heterocycles. The maximum atomic E-state index is 11.4. The highest BCUT2D eigenvalue weighted by molar-refractivity contribution is 9.11. The molecule has 1 saturated heterocycles. The lowest BCUT2D eigenvalue weighted by molar-refractivity contribution is -0.159. The summed E-state index contributed by atoms with van der Waals surface area (Å²) >= 11 is 4.86. The SMILES string of the molecule is O=C1COCC(=O)N1Cc1csc(Br)c1. The largest absolute Gasteiger partial charge is 0.362 e. The molecule has 1 aliphatic heterocycles. The molecule has 0 aromatic carbocycles. The average molecular weight is 290 g/mol. The molecule has 2 amide bonds. The van der Waals surface area contributed by atoms with E-state index in [-0.39, 0.29) is 25.0 Å². The number of carbonyl (C=O) groups is 2. The fraction of sp³-hybridized carbons (Fsp3) is 0.333. The summed E-state index contributed by atoms with van der Waals surface area (Å²) in [5.41, 5.74) is 0.954. The van der Waals surface area contributed by atoms with Crippen LogP contribution in [0.25, 0.3) is 0 Å². The maximum absolute atomic E-state index is 11.4. The van der Waals surface area contributed by atoms with Gasteiger partial charge in [0, 0.05) is 0 Å². The van der Waals surface area contributed by atoms with Crippen LogP contribution in [0.5, 0.6) is 0 Å². The summed E-state index contributed by atoms with van der Waals surface area (Å²) in [4.78, 5) is 24.0. The molecule has 6 heteroatoms. The highest BCUT2D eigenvalue weighted by atomic mass is 79.9. The van der Waals surface area contributed by atoms with Gasteiger partial charge in [-0.3, -0.25) is 14.5 Å². The number of halogens is 1. The van der Waals surface area contributed by atoms with Gasteiger partial charge >= 0.3 is 0 Å². The van der Waals surface area contributed by atoms with E-state index in [1.54, 1.807) is 0 Å². The Balaban J connectivity index is 2.09. The fourth-order valence-corrected chi connectivity index (χ4v) is 2.51. The van der Waals surface area contributed by atoms with Gasteiger partial charge in [-0.25, -0.2) is 0 Å². The van der Waals surface area contributed by atoms with Crippen LogP contribution in [-0.2, 0) is 20.9 Å². The van der Waals surface area contributed by atoms with Gasteiger partial charge in [0.2, 0.25) is 0 Å². The number of morpholine rings is 1. The Bertz CT molecular complexity index is 388. The van der Waals surface area contributed by atoms with Crippen LogP contribution in [0.4, 0.5) is 0 Å². The maximum Gasteiger partial charge on any atom is 0.255 e. The minimum Gasteiger partial charge on any atom is -0.362 e. The lowest BCUT2D eigenvalue weighted by Crippen LogP contribution is -2.45. The summed E-state index contributed by atoms with van der Waals surface area (Å²) in [6.45, 7) is 0.331. The van der Waals surface area contributed by atoms with Crippen molar-refractivity contribution in [1.82, 2.24) is 4.90 Å². The van der Waals surface area contributed by atoms with Gasteiger partial charge in [0.25, 0.3) is 11.8 Å². The minimum absolute atomic E-state index is 0.00293. The molecule has 1 aliphatic rings. The Morgan fingerprint density at radius 2 is 2.07 bits per heavy atom. The molecule has 0 aliphatic carbocycles. The molecular formula is C9H8BrNO3S. The molecular weight excluding hydrogens is 282 g/mol.